The van der Waals surface area contributed by atoms with Crippen LogP contribution in [0.15, 0.2) is 4.99 Å². The Morgan fingerprint density at radius 2 is 2.08 bits per heavy atom. The molecule has 1 heterocycles. The maximum Gasteiger partial charge on any atom is 0.213 e. The number of nitrogens with zero attached hydrogens (tertiary/aromatic N) is 1. The van der Waals surface area contributed by atoms with Crippen LogP contribution < -0.4 is 15.4 Å². The van der Waals surface area contributed by atoms with E-state index < -0.39 is 10.0 Å². The minimum atomic E-state index is -3.30. The summed E-state index contributed by atoms with van der Waals surface area (Å²) in [6, 6.07) is 0. The van der Waals surface area contributed by atoms with Gasteiger partial charge in [0.2, 0.25) is 10.0 Å². The number of guanidine groups is 1. The smallest absolute Gasteiger partial charge is 0.213 e. The van der Waals surface area contributed by atoms with Crippen molar-refractivity contribution in [3.05, 3.63) is 0 Å². The first kappa shape index (κ1) is 21.2. The van der Waals surface area contributed by atoms with E-state index in [1.807, 2.05) is 6.92 Å². The Bertz CT molecular complexity index is 460. The average Bonchev–Trinajstić information content (AvgIpc) is 2.53. The summed E-state index contributed by atoms with van der Waals surface area (Å²) in [5, 5.41) is 6.21. The summed E-state index contributed by atoms with van der Waals surface area (Å²) in [5.41, 5.74) is 0. The Morgan fingerprint density at radius 1 is 1.29 bits per heavy atom. The van der Waals surface area contributed by atoms with Crippen molar-refractivity contribution >= 4 is 16.0 Å². The van der Waals surface area contributed by atoms with Crippen LogP contribution in [0.2, 0.25) is 0 Å². The molecule has 1 aliphatic heterocycles. The van der Waals surface area contributed by atoms with Gasteiger partial charge < -0.3 is 15.4 Å². The number of hydrogen-bond acceptors (Lipinski definition) is 4. The molecule has 1 rings (SSSR count). The third-order valence-electron chi connectivity index (χ3n) is 3.79. The van der Waals surface area contributed by atoms with Crippen molar-refractivity contribution in [2.24, 2.45) is 10.9 Å². The number of nitrogens with one attached hydrogen (secondary N) is 3. The summed E-state index contributed by atoms with van der Waals surface area (Å²) < 4.78 is 32.3. The lowest BCUT2D eigenvalue weighted by atomic mass is 10.1. The van der Waals surface area contributed by atoms with E-state index in [9.17, 15) is 8.42 Å². The highest BCUT2D eigenvalue weighted by atomic mass is 32.2. The van der Waals surface area contributed by atoms with E-state index in [4.69, 9.17) is 4.74 Å². The van der Waals surface area contributed by atoms with E-state index in [0.29, 0.717) is 25.0 Å². The Hall–Kier alpha value is -0.860. The fourth-order valence-electron chi connectivity index (χ4n) is 2.34. The van der Waals surface area contributed by atoms with E-state index in [1.54, 1.807) is 0 Å². The van der Waals surface area contributed by atoms with Crippen LogP contribution in [0.5, 0.6) is 0 Å². The molecule has 0 aromatic heterocycles. The second-order valence-corrected chi connectivity index (χ2v) is 8.45. The van der Waals surface area contributed by atoms with Crippen LogP contribution in [0.4, 0.5) is 0 Å². The third kappa shape index (κ3) is 10.1. The molecule has 1 atom stereocenters. The molecule has 0 aliphatic carbocycles. The van der Waals surface area contributed by atoms with E-state index in [2.05, 4.69) is 34.2 Å². The van der Waals surface area contributed by atoms with Crippen LogP contribution >= 0.6 is 0 Å². The van der Waals surface area contributed by atoms with Gasteiger partial charge in [-0.25, -0.2) is 13.1 Å². The summed E-state index contributed by atoms with van der Waals surface area (Å²) in [6.07, 6.45) is 4.12. The molecule has 1 saturated heterocycles. The molecular weight excluding hydrogens is 328 g/mol. The first-order valence-corrected chi connectivity index (χ1v) is 10.7. The third-order valence-corrected chi connectivity index (χ3v) is 5.14. The summed E-state index contributed by atoms with van der Waals surface area (Å²) in [6.45, 7) is 9.21. The highest BCUT2D eigenvalue weighted by Gasteiger charge is 2.17. The second kappa shape index (κ2) is 11.7. The van der Waals surface area contributed by atoms with Crippen molar-refractivity contribution in [2.75, 3.05) is 38.5 Å². The predicted octanol–water partition coefficient (Wildman–Crippen LogP) is 1.08. The van der Waals surface area contributed by atoms with Crippen LogP contribution in [0.1, 0.15) is 46.5 Å². The van der Waals surface area contributed by atoms with Gasteiger partial charge in [-0.2, -0.15) is 0 Å². The minimum Gasteiger partial charge on any atom is -0.377 e. The molecule has 0 radical (unpaired) electrons. The predicted molar refractivity (Wildman–Crippen MR) is 98.8 cm³/mol. The van der Waals surface area contributed by atoms with E-state index in [1.165, 1.54) is 0 Å². The minimum absolute atomic E-state index is 0.0106. The molecule has 1 fully saturated rings. The highest BCUT2D eigenvalue weighted by molar-refractivity contribution is 7.89. The lowest BCUT2D eigenvalue weighted by Gasteiger charge is -2.22. The normalized spacial score (nSPS) is 19.5. The van der Waals surface area contributed by atoms with Gasteiger partial charge in [0.1, 0.15) is 0 Å². The molecule has 3 N–H and O–H groups in total. The average molecular weight is 363 g/mol. The fourth-order valence-corrected chi connectivity index (χ4v) is 3.30. The van der Waals surface area contributed by atoms with Crippen LogP contribution in [0.25, 0.3) is 0 Å². The molecule has 0 saturated carbocycles. The zero-order valence-electron chi connectivity index (χ0n) is 15.3. The summed E-state index contributed by atoms with van der Waals surface area (Å²) in [5.74, 6) is 1.29. The molecule has 1 aliphatic rings. The number of sulfonamides is 1. The topological polar surface area (TPSA) is 91.8 Å². The maximum absolute atomic E-state index is 12.0. The van der Waals surface area contributed by atoms with Gasteiger partial charge in [-0.15, -0.1) is 0 Å². The van der Waals surface area contributed by atoms with Crippen LogP contribution in [-0.2, 0) is 14.8 Å². The molecule has 24 heavy (non-hydrogen) atoms. The lowest BCUT2D eigenvalue weighted by molar-refractivity contribution is 0.0200. The number of hydrogen-bond donors (Lipinski definition) is 3. The van der Waals surface area contributed by atoms with Gasteiger partial charge in [-0.3, -0.25) is 4.99 Å². The Balaban J connectivity index is 2.30. The van der Waals surface area contributed by atoms with Gasteiger partial charge in [0.15, 0.2) is 5.96 Å². The van der Waals surface area contributed by atoms with Gasteiger partial charge in [0, 0.05) is 32.8 Å². The van der Waals surface area contributed by atoms with Gasteiger partial charge in [-0.05, 0) is 38.5 Å². The standard InChI is InChI=1S/C16H34N4O3S/c1-4-17-16(18-9-8-14(2)3)19-10-12-24(21,22)20-13-15-7-5-6-11-23-15/h14-15,20H,4-13H2,1-3H3,(H2,17,18,19). The largest absolute Gasteiger partial charge is 0.377 e. The number of aliphatic imine (C=N–C) groups is 1. The van der Waals surface area contributed by atoms with Gasteiger partial charge in [0.25, 0.3) is 0 Å². The molecule has 1 unspecified atom stereocenters. The Labute approximate surface area is 147 Å². The molecule has 0 spiro atoms. The molecule has 0 aromatic rings. The fraction of sp³-hybridized carbons (Fsp3) is 0.938. The number of ether oxygens (including phenoxy) is 1. The molecular formula is C16H34N4O3S. The molecule has 0 aromatic carbocycles. The summed E-state index contributed by atoms with van der Waals surface area (Å²) in [4.78, 5) is 4.45. The van der Waals surface area contributed by atoms with Gasteiger partial charge >= 0.3 is 0 Å². The molecule has 8 heteroatoms. The van der Waals surface area contributed by atoms with Crippen LogP contribution in [-0.4, -0.2) is 59.0 Å². The van der Waals surface area contributed by atoms with Crippen molar-refractivity contribution in [3.8, 4) is 0 Å². The maximum atomic E-state index is 12.0. The van der Waals surface area contributed by atoms with Crippen molar-refractivity contribution in [1.29, 1.82) is 0 Å². The van der Waals surface area contributed by atoms with E-state index in [0.717, 1.165) is 45.4 Å². The second-order valence-electron chi connectivity index (χ2n) is 6.53. The molecule has 0 bridgehead atoms. The molecule has 142 valence electrons. The first-order chi connectivity index (χ1) is 11.4. The monoisotopic (exact) mass is 362 g/mol. The lowest BCUT2D eigenvalue weighted by Crippen LogP contribution is -2.42. The molecule has 7 nitrogen and oxygen atoms in total. The van der Waals surface area contributed by atoms with Crippen molar-refractivity contribution < 1.29 is 13.2 Å². The Kier molecular flexibility index (Phi) is 10.3. The summed E-state index contributed by atoms with van der Waals surface area (Å²) in [7, 11) is -3.30. The molecule has 0 amide bonds. The Morgan fingerprint density at radius 3 is 2.71 bits per heavy atom. The SMILES string of the molecule is CCNC(=NCCC(C)C)NCCS(=O)(=O)NCC1CCCCO1. The number of rotatable bonds is 10. The zero-order chi connectivity index (χ0) is 17.8. The van der Waals surface area contributed by atoms with Crippen LogP contribution in [0.3, 0.4) is 0 Å². The van der Waals surface area contributed by atoms with Crippen LogP contribution in [0, 0.1) is 5.92 Å². The van der Waals surface area contributed by atoms with E-state index >= 15 is 0 Å². The van der Waals surface area contributed by atoms with Crippen molar-refractivity contribution in [3.63, 3.8) is 0 Å². The van der Waals surface area contributed by atoms with E-state index in [-0.39, 0.29) is 11.9 Å². The summed E-state index contributed by atoms with van der Waals surface area (Å²) >= 11 is 0. The quantitative estimate of drug-likeness (QED) is 0.399. The zero-order valence-corrected chi connectivity index (χ0v) is 16.1. The van der Waals surface area contributed by atoms with Crippen molar-refractivity contribution in [1.82, 2.24) is 15.4 Å². The highest BCUT2D eigenvalue weighted by Crippen LogP contribution is 2.11. The first-order valence-electron chi connectivity index (χ1n) is 9.04. The van der Waals surface area contributed by atoms with Gasteiger partial charge in [0.05, 0.1) is 11.9 Å². The van der Waals surface area contributed by atoms with Gasteiger partial charge in [-0.1, -0.05) is 13.8 Å². The van der Waals surface area contributed by atoms with Crippen molar-refractivity contribution in [2.45, 2.75) is 52.6 Å².